The number of imidazole rings is 1. The van der Waals surface area contributed by atoms with E-state index in [1.807, 2.05) is 12.1 Å². The molecule has 1 fully saturated rings. The first-order valence-electron chi connectivity index (χ1n) is 7.85. The van der Waals surface area contributed by atoms with Gasteiger partial charge in [0, 0.05) is 24.4 Å². The Morgan fingerprint density at radius 1 is 1.33 bits per heavy atom. The number of hydrogen-bond donors (Lipinski definition) is 0. The first kappa shape index (κ1) is 14.7. The fourth-order valence-corrected chi connectivity index (χ4v) is 3.74. The van der Waals surface area contributed by atoms with Crippen LogP contribution in [0, 0.1) is 5.92 Å². The second kappa shape index (κ2) is 6.27. The molecule has 2 atom stereocenters. The molecule has 4 heteroatoms. The van der Waals surface area contributed by atoms with Crippen molar-refractivity contribution in [3.8, 4) is 5.75 Å². The highest BCUT2D eigenvalue weighted by Gasteiger charge is 2.26. The van der Waals surface area contributed by atoms with Gasteiger partial charge in [0.25, 0.3) is 0 Å². The molecule has 0 saturated heterocycles. The molecule has 1 aliphatic carbocycles. The number of methoxy groups -OCH3 is 1. The third kappa shape index (κ3) is 2.76. The summed E-state index contributed by atoms with van der Waals surface area (Å²) in [4.78, 5) is 4.82. The van der Waals surface area contributed by atoms with E-state index >= 15 is 0 Å². The summed E-state index contributed by atoms with van der Waals surface area (Å²) in [6.07, 6.45) is 6.03. The molecule has 3 rings (SSSR count). The molecule has 1 aliphatic rings. The van der Waals surface area contributed by atoms with E-state index in [9.17, 15) is 0 Å². The van der Waals surface area contributed by atoms with Crippen LogP contribution in [0.3, 0.4) is 0 Å². The van der Waals surface area contributed by atoms with E-state index in [-0.39, 0.29) is 0 Å². The van der Waals surface area contributed by atoms with Crippen molar-refractivity contribution >= 4 is 22.6 Å². The topological polar surface area (TPSA) is 27.1 Å². The number of fused-ring (bicyclic) bond motifs is 1. The van der Waals surface area contributed by atoms with Crippen LogP contribution in [0.25, 0.3) is 11.0 Å². The number of halogens is 1. The predicted molar refractivity (Wildman–Crippen MR) is 87.4 cm³/mol. The van der Waals surface area contributed by atoms with Crippen molar-refractivity contribution in [2.75, 3.05) is 13.0 Å². The quantitative estimate of drug-likeness (QED) is 0.773. The first-order chi connectivity index (χ1) is 10.2. The van der Waals surface area contributed by atoms with Gasteiger partial charge in [0.15, 0.2) is 0 Å². The summed E-state index contributed by atoms with van der Waals surface area (Å²) in [7, 11) is 1.70. The molecule has 1 aromatic carbocycles. The highest BCUT2D eigenvalue weighted by molar-refractivity contribution is 6.17. The molecule has 0 aliphatic heterocycles. The van der Waals surface area contributed by atoms with Crippen LogP contribution in [0.2, 0.25) is 0 Å². The van der Waals surface area contributed by atoms with E-state index in [0.29, 0.717) is 17.8 Å². The van der Waals surface area contributed by atoms with Gasteiger partial charge in [-0.2, -0.15) is 0 Å². The molecule has 0 N–H and O–H groups in total. The van der Waals surface area contributed by atoms with E-state index < -0.39 is 0 Å². The van der Waals surface area contributed by atoms with Crippen LogP contribution in [-0.2, 0) is 6.42 Å². The smallest absolute Gasteiger partial charge is 0.121 e. The number of hydrogen-bond acceptors (Lipinski definition) is 2. The molecule has 1 heterocycles. The van der Waals surface area contributed by atoms with Crippen molar-refractivity contribution in [2.24, 2.45) is 5.92 Å². The molecule has 3 nitrogen and oxygen atoms in total. The Kier molecular flexibility index (Phi) is 4.39. The van der Waals surface area contributed by atoms with Crippen molar-refractivity contribution < 1.29 is 4.74 Å². The van der Waals surface area contributed by atoms with E-state index in [1.165, 1.54) is 31.2 Å². The molecule has 0 bridgehead atoms. The van der Waals surface area contributed by atoms with Crippen molar-refractivity contribution in [1.29, 1.82) is 0 Å². The number of alkyl halides is 1. The molecule has 2 unspecified atom stereocenters. The summed E-state index contributed by atoms with van der Waals surface area (Å²) < 4.78 is 7.77. The zero-order valence-electron chi connectivity index (χ0n) is 12.8. The van der Waals surface area contributed by atoms with Gasteiger partial charge in [-0.15, -0.1) is 11.6 Å². The van der Waals surface area contributed by atoms with Gasteiger partial charge >= 0.3 is 0 Å². The average Bonchev–Trinajstić information content (AvgIpc) is 2.85. The maximum absolute atomic E-state index is 5.99. The Balaban J connectivity index is 2.11. The van der Waals surface area contributed by atoms with E-state index in [2.05, 4.69) is 17.6 Å². The van der Waals surface area contributed by atoms with Gasteiger partial charge in [0.05, 0.1) is 18.1 Å². The largest absolute Gasteiger partial charge is 0.497 e. The minimum atomic E-state index is 0.551. The Labute approximate surface area is 131 Å². The Morgan fingerprint density at radius 3 is 2.86 bits per heavy atom. The van der Waals surface area contributed by atoms with Gasteiger partial charge < -0.3 is 9.30 Å². The number of rotatable bonds is 4. The van der Waals surface area contributed by atoms with Crippen LogP contribution in [0.4, 0.5) is 0 Å². The molecule has 1 saturated carbocycles. The fraction of sp³-hybridized carbons (Fsp3) is 0.588. The normalized spacial score (nSPS) is 22.6. The summed E-state index contributed by atoms with van der Waals surface area (Å²) in [6, 6.07) is 6.74. The zero-order chi connectivity index (χ0) is 14.8. The third-order valence-electron chi connectivity index (χ3n) is 4.69. The summed E-state index contributed by atoms with van der Waals surface area (Å²) in [5.41, 5.74) is 2.24. The Bertz CT molecular complexity index is 623. The number of aryl methyl sites for hydroxylation is 1. The SMILES string of the molecule is COc1ccc2c(c1)nc(CCCl)n2C1CCCCC1C. The van der Waals surface area contributed by atoms with Crippen LogP contribution in [0.1, 0.15) is 44.5 Å². The molecule has 2 aromatic rings. The first-order valence-corrected chi connectivity index (χ1v) is 8.39. The van der Waals surface area contributed by atoms with Gasteiger partial charge in [-0.25, -0.2) is 4.98 Å². The lowest BCUT2D eigenvalue weighted by Crippen LogP contribution is -2.23. The van der Waals surface area contributed by atoms with Crippen molar-refractivity contribution in [1.82, 2.24) is 9.55 Å². The van der Waals surface area contributed by atoms with Crippen LogP contribution in [-0.4, -0.2) is 22.5 Å². The molecule has 0 radical (unpaired) electrons. The number of ether oxygens (including phenoxy) is 1. The van der Waals surface area contributed by atoms with Crippen LogP contribution < -0.4 is 4.74 Å². The lowest BCUT2D eigenvalue weighted by Gasteiger charge is -2.31. The van der Waals surface area contributed by atoms with Gasteiger partial charge in [0.2, 0.25) is 0 Å². The summed E-state index contributed by atoms with van der Waals surface area (Å²) in [5.74, 6) is 3.29. The van der Waals surface area contributed by atoms with Crippen molar-refractivity contribution in [2.45, 2.75) is 45.1 Å². The van der Waals surface area contributed by atoms with Gasteiger partial charge in [-0.3, -0.25) is 0 Å². The monoisotopic (exact) mass is 306 g/mol. The Morgan fingerprint density at radius 2 is 2.14 bits per heavy atom. The zero-order valence-corrected chi connectivity index (χ0v) is 13.6. The average molecular weight is 307 g/mol. The molecule has 0 spiro atoms. The summed E-state index contributed by atoms with van der Waals surface area (Å²) >= 11 is 5.99. The van der Waals surface area contributed by atoms with Gasteiger partial charge in [-0.1, -0.05) is 19.8 Å². The molecule has 21 heavy (non-hydrogen) atoms. The highest BCUT2D eigenvalue weighted by atomic mass is 35.5. The lowest BCUT2D eigenvalue weighted by atomic mass is 9.85. The van der Waals surface area contributed by atoms with Crippen molar-refractivity contribution in [3.63, 3.8) is 0 Å². The van der Waals surface area contributed by atoms with E-state index in [1.54, 1.807) is 7.11 Å². The van der Waals surface area contributed by atoms with Gasteiger partial charge in [0.1, 0.15) is 11.6 Å². The molecular weight excluding hydrogens is 284 g/mol. The minimum Gasteiger partial charge on any atom is -0.497 e. The second-order valence-corrected chi connectivity index (χ2v) is 6.40. The minimum absolute atomic E-state index is 0.551. The van der Waals surface area contributed by atoms with E-state index in [0.717, 1.165) is 23.5 Å². The summed E-state index contributed by atoms with van der Waals surface area (Å²) in [6.45, 7) is 2.36. The second-order valence-electron chi connectivity index (χ2n) is 6.02. The Hall–Kier alpha value is -1.22. The highest BCUT2D eigenvalue weighted by Crippen LogP contribution is 2.37. The molecule has 0 amide bonds. The number of aromatic nitrogens is 2. The maximum atomic E-state index is 5.99. The summed E-state index contributed by atoms with van der Waals surface area (Å²) in [5, 5.41) is 0. The van der Waals surface area contributed by atoms with Crippen molar-refractivity contribution in [3.05, 3.63) is 24.0 Å². The van der Waals surface area contributed by atoms with E-state index in [4.69, 9.17) is 21.3 Å². The number of benzene rings is 1. The van der Waals surface area contributed by atoms with Crippen LogP contribution in [0.15, 0.2) is 18.2 Å². The lowest BCUT2D eigenvalue weighted by molar-refractivity contribution is 0.257. The molecular formula is C17H23ClN2O. The van der Waals surface area contributed by atoms with Gasteiger partial charge in [-0.05, 0) is 30.9 Å². The maximum Gasteiger partial charge on any atom is 0.121 e. The standard InChI is InChI=1S/C17H23ClN2O/c1-12-5-3-4-6-15(12)20-16-8-7-13(21-2)11-14(16)19-17(20)9-10-18/h7-8,11-12,15H,3-6,9-10H2,1-2H3. The predicted octanol–water partition coefficient (Wildman–Crippen LogP) is 4.58. The fourth-order valence-electron chi connectivity index (χ4n) is 3.57. The molecule has 1 aromatic heterocycles. The molecule has 114 valence electrons. The van der Waals surface area contributed by atoms with Crippen LogP contribution >= 0.6 is 11.6 Å². The third-order valence-corrected chi connectivity index (χ3v) is 4.87. The number of nitrogens with zero attached hydrogens (tertiary/aromatic N) is 2. The van der Waals surface area contributed by atoms with Crippen LogP contribution in [0.5, 0.6) is 5.75 Å².